The first-order valence-corrected chi connectivity index (χ1v) is 8.38. The predicted octanol–water partition coefficient (Wildman–Crippen LogP) is 2.11. The topological polar surface area (TPSA) is 101 Å². The fraction of sp³-hybridized carbons (Fsp3) is 0.150. The molecule has 26 heavy (non-hydrogen) atoms. The Morgan fingerprint density at radius 2 is 1.85 bits per heavy atom. The summed E-state index contributed by atoms with van der Waals surface area (Å²) in [6.07, 6.45) is 1.28. The molecule has 0 fully saturated rings. The number of nitrogen functional groups attached to an aromatic ring is 1. The van der Waals surface area contributed by atoms with Crippen molar-refractivity contribution in [2.75, 3.05) is 5.73 Å². The summed E-state index contributed by atoms with van der Waals surface area (Å²) >= 11 is 0. The number of nitrogens with one attached hydrogen (secondary N) is 1. The van der Waals surface area contributed by atoms with Crippen LogP contribution in [0.15, 0.2) is 60.8 Å². The van der Waals surface area contributed by atoms with Crippen molar-refractivity contribution >= 4 is 11.9 Å². The molecular weight excluding hydrogens is 328 g/mol. The van der Waals surface area contributed by atoms with E-state index in [4.69, 9.17) is 5.73 Å². The van der Waals surface area contributed by atoms with Crippen molar-refractivity contribution in [2.24, 2.45) is 0 Å². The molecule has 1 aromatic heterocycles. The molecule has 0 saturated carbocycles. The van der Waals surface area contributed by atoms with E-state index in [1.807, 2.05) is 54.6 Å². The number of anilines is 1. The molecule has 0 unspecified atom stereocenters. The SMILES string of the molecule is Nc1ncc(C(=O)N[C@@H]2c3ccccc3C[C@H]2O)c(-c2ccccc2)n1. The van der Waals surface area contributed by atoms with Crippen LogP contribution in [0.2, 0.25) is 0 Å². The Kier molecular flexibility index (Phi) is 4.10. The van der Waals surface area contributed by atoms with Gasteiger partial charge in [-0.15, -0.1) is 0 Å². The summed E-state index contributed by atoms with van der Waals surface area (Å²) in [6, 6.07) is 16.6. The average Bonchev–Trinajstić information content (AvgIpc) is 2.98. The van der Waals surface area contributed by atoms with Crippen molar-refractivity contribution in [3.8, 4) is 11.3 Å². The second-order valence-electron chi connectivity index (χ2n) is 6.28. The highest BCUT2D eigenvalue weighted by Crippen LogP contribution is 2.32. The van der Waals surface area contributed by atoms with Crippen molar-refractivity contribution in [3.05, 3.63) is 77.5 Å². The number of aliphatic hydroxyl groups is 1. The van der Waals surface area contributed by atoms with E-state index in [2.05, 4.69) is 15.3 Å². The number of aliphatic hydroxyl groups excluding tert-OH is 1. The van der Waals surface area contributed by atoms with Gasteiger partial charge in [0.15, 0.2) is 0 Å². The number of rotatable bonds is 3. The van der Waals surface area contributed by atoms with Gasteiger partial charge in [-0.1, -0.05) is 54.6 Å². The van der Waals surface area contributed by atoms with E-state index in [0.717, 1.165) is 16.7 Å². The van der Waals surface area contributed by atoms with Gasteiger partial charge in [-0.3, -0.25) is 4.79 Å². The second kappa shape index (κ2) is 6.57. The molecule has 1 aliphatic carbocycles. The number of nitrogens with two attached hydrogens (primary N) is 1. The van der Waals surface area contributed by atoms with Crippen LogP contribution in [0.1, 0.15) is 27.5 Å². The van der Waals surface area contributed by atoms with Crippen molar-refractivity contribution in [1.82, 2.24) is 15.3 Å². The summed E-state index contributed by atoms with van der Waals surface area (Å²) in [5, 5.41) is 13.3. The van der Waals surface area contributed by atoms with Crippen LogP contribution in [-0.2, 0) is 6.42 Å². The monoisotopic (exact) mass is 346 g/mol. The standard InChI is InChI=1S/C20H18N4O2/c21-20-22-11-15(17(24-20)12-6-2-1-3-7-12)19(26)23-18-14-9-5-4-8-13(14)10-16(18)25/h1-9,11,16,18,25H,10H2,(H,23,26)(H2,21,22,24)/t16-,18-/m1/s1. The molecule has 130 valence electrons. The quantitative estimate of drug-likeness (QED) is 0.674. The van der Waals surface area contributed by atoms with Gasteiger partial charge in [0.1, 0.15) is 0 Å². The molecule has 1 amide bonds. The lowest BCUT2D eigenvalue weighted by Crippen LogP contribution is -2.34. The molecule has 4 N–H and O–H groups in total. The molecule has 4 rings (SSSR count). The lowest BCUT2D eigenvalue weighted by molar-refractivity contribution is 0.0858. The largest absolute Gasteiger partial charge is 0.390 e. The molecule has 6 nitrogen and oxygen atoms in total. The van der Waals surface area contributed by atoms with Crippen LogP contribution in [-0.4, -0.2) is 27.1 Å². The number of amides is 1. The van der Waals surface area contributed by atoms with E-state index in [1.54, 1.807) is 0 Å². The van der Waals surface area contributed by atoms with Crippen molar-refractivity contribution < 1.29 is 9.90 Å². The van der Waals surface area contributed by atoms with Gasteiger partial charge < -0.3 is 16.2 Å². The van der Waals surface area contributed by atoms with Gasteiger partial charge in [0.25, 0.3) is 5.91 Å². The number of aromatic nitrogens is 2. The first kappa shape index (κ1) is 16.2. The molecule has 0 aliphatic heterocycles. The first-order valence-electron chi connectivity index (χ1n) is 8.38. The molecule has 2 aromatic carbocycles. The van der Waals surface area contributed by atoms with Crippen LogP contribution in [0.4, 0.5) is 5.95 Å². The maximum Gasteiger partial charge on any atom is 0.255 e. The van der Waals surface area contributed by atoms with Crippen LogP contribution in [0.3, 0.4) is 0 Å². The highest BCUT2D eigenvalue weighted by molar-refractivity contribution is 6.00. The van der Waals surface area contributed by atoms with Crippen molar-refractivity contribution in [1.29, 1.82) is 0 Å². The third-order valence-corrected chi connectivity index (χ3v) is 4.59. The smallest absolute Gasteiger partial charge is 0.255 e. The van der Waals surface area contributed by atoms with Crippen LogP contribution in [0, 0.1) is 0 Å². The predicted molar refractivity (Wildman–Crippen MR) is 98.2 cm³/mol. The molecule has 1 aliphatic rings. The maximum atomic E-state index is 12.9. The molecular formula is C20H18N4O2. The van der Waals surface area contributed by atoms with Gasteiger partial charge in [0.05, 0.1) is 23.4 Å². The van der Waals surface area contributed by atoms with E-state index in [0.29, 0.717) is 17.7 Å². The zero-order valence-electron chi connectivity index (χ0n) is 14.0. The molecule has 0 bridgehead atoms. The van der Waals surface area contributed by atoms with Crippen LogP contribution in [0.5, 0.6) is 0 Å². The number of nitrogens with zero attached hydrogens (tertiary/aromatic N) is 2. The van der Waals surface area contributed by atoms with Gasteiger partial charge in [0.2, 0.25) is 5.95 Å². The highest BCUT2D eigenvalue weighted by atomic mass is 16.3. The van der Waals surface area contributed by atoms with Gasteiger partial charge in [-0.05, 0) is 11.1 Å². The summed E-state index contributed by atoms with van der Waals surface area (Å²) in [6.45, 7) is 0. The lowest BCUT2D eigenvalue weighted by atomic mass is 10.0. The number of hydrogen-bond acceptors (Lipinski definition) is 5. The first-order chi connectivity index (χ1) is 12.6. The fourth-order valence-corrected chi connectivity index (χ4v) is 3.34. The number of carbonyl (C=O) groups is 1. The Balaban J connectivity index is 1.68. The summed E-state index contributed by atoms with van der Waals surface area (Å²) in [7, 11) is 0. The third-order valence-electron chi connectivity index (χ3n) is 4.59. The highest BCUT2D eigenvalue weighted by Gasteiger charge is 2.32. The number of hydrogen-bond donors (Lipinski definition) is 3. The average molecular weight is 346 g/mol. The lowest BCUT2D eigenvalue weighted by Gasteiger charge is -2.19. The Morgan fingerprint density at radius 1 is 1.12 bits per heavy atom. The number of fused-ring (bicyclic) bond motifs is 1. The van der Waals surface area contributed by atoms with Crippen LogP contribution in [0.25, 0.3) is 11.3 Å². The molecule has 2 atom stereocenters. The second-order valence-corrected chi connectivity index (χ2v) is 6.28. The minimum Gasteiger partial charge on any atom is -0.390 e. The number of benzene rings is 2. The van der Waals surface area contributed by atoms with Crippen molar-refractivity contribution in [3.63, 3.8) is 0 Å². The summed E-state index contributed by atoms with van der Waals surface area (Å²) < 4.78 is 0. The third kappa shape index (κ3) is 2.91. The molecule has 1 heterocycles. The molecule has 0 radical (unpaired) electrons. The van der Waals surface area contributed by atoms with Gasteiger partial charge in [-0.25, -0.2) is 9.97 Å². The zero-order valence-corrected chi connectivity index (χ0v) is 14.0. The van der Waals surface area contributed by atoms with Crippen molar-refractivity contribution in [2.45, 2.75) is 18.6 Å². The minimum absolute atomic E-state index is 0.103. The Labute approximate surface area is 150 Å². The summed E-state index contributed by atoms with van der Waals surface area (Å²) in [4.78, 5) is 21.1. The van der Waals surface area contributed by atoms with E-state index < -0.39 is 12.1 Å². The van der Waals surface area contributed by atoms with Gasteiger partial charge in [-0.2, -0.15) is 0 Å². The normalized spacial score (nSPS) is 18.3. The van der Waals surface area contributed by atoms with E-state index in [9.17, 15) is 9.90 Å². The molecule has 3 aromatic rings. The van der Waals surface area contributed by atoms with Crippen LogP contribution < -0.4 is 11.1 Å². The van der Waals surface area contributed by atoms with E-state index in [-0.39, 0.29) is 11.9 Å². The Morgan fingerprint density at radius 3 is 2.65 bits per heavy atom. The zero-order chi connectivity index (χ0) is 18.1. The van der Waals surface area contributed by atoms with Gasteiger partial charge in [0, 0.05) is 18.2 Å². The Bertz CT molecular complexity index is 959. The van der Waals surface area contributed by atoms with Crippen LogP contribution >= 0.6 is 0 Å². The summed E-state index contributed by atoms with van der Waals surface area (Å²) in [5.41, 5.74) is 9.27. The molecule has 6 heteroatoms. The van der Waals surface area contributed by atoms with E-state index in [1.165, 1.54) is 6.20 Å². The maximum absolute atomic E-state index is 12.9. The fourth-order valence-electron chi connectivity index (χ4n) is 3.34. The molecule has 0 spiro atoms. The van der Waals surface area contributed by atoms with Gasteiger partial charge >= 0.3 is 0 Å². The minimum atomic E-state index is -0.661. The summed E-state index contributed by atoms with van der Waals surface area (Å²) in [5.74, 6) is -0.240. The molecule has 0 saturated heterocycles. The number of carbonyl (C=O) groups excluding carboxylic acids is 1. The van der Waals surface area contributed by atoms with E-state index >= 15 is 0 Å². The Hall–Kier alpha value is -3.25.